The third kappa shape index (κ3) is 4.36. The Labute approximate surface area is 128 Å². The zero-order valence-electron chi connectivity index (χ0n) is 11.6. The maximum absolute atomic E-state index is 11.8. The van der Waals surface area contributed by atoms with Gasteiger partial charge in [-0.2, -0.15) is 0 Å². The lowest BCUT2D eigenvalue weighted by atomic mass is 10.3. The normalized spacial score (nSPS) is 10.0. The number of pyridine rings is 1. The topological polar surface area (TPSA) is 63.2 Å². The van der Waals surface area contributed by atoms with E-state index in [0.717, 1.165) is 5.69 Å². The van der Waals surface area contributed by atoms with E-state index in [0.29, 0.717) is 29.4 Å². The number of nitrogens with one attached hydrogen (secondary N) is 2. The SMILES string of the molecule is COc1c(Cl)cccc1NC(=O)NCCc1ccccn1. The maximum atomic E-state index is 11.8. The molecule has 21 heavy (non-hydrogen) atoms. The van der Waals surface area contributed by atoms with E-state index in [1.165, 1.54) is 7.11 Å². The molecule has 5 nitrogen and oxygen atoms in total. The van der Waals surface area contributed by atoms with E-state index in [9.17, 15) is 4.79 Å². The van der Waals surface area contributed by atoms with Crippen molar-refractivity contribution in [3.8, 4) is 5.75 Å². The van der Waals surface area contributed by atoms with Crippen LogP contribution in [0.15, 0.2) is 42.6 Å². The molecule has 2 aromatic rings. The summed E-state index contributed by atoms with van der Waals surface area (Å²) in [6, 6.07) is 10.5. The first-order valence-electron chi connectivity index (χ1n) is 6.48. The lowest BCUT2D eigenvalue weighted by molar-refractivity contribution is 0.252. The fourth-order valence-electron chi connectivity index (χ4n) is 1.83. The molecule has 0 bridgehead atoms. The van der Waals surface area contributed by atoms with Crippen molar-refractivity contribution < 1.29 is 9.53 Å². The van der Waals surface area contributed by atoms with Crippen LogP contribution in [-0.4, -0.2) is 24.7 Å². The average Bonchev–Trinajstić information content (AvgIpc) is 2.48. The Bertz CT molecular complexity index is 605. The Morgan fingerprint density at radius 3 is 2.86 bits per heavy atom. The van der Waals surface area contributed by atoms with Crippen LogP contribution in [-0.2, 0) is 6.42 Å². The largest absolute Gasteiger partial charge is 0.493 e. The number of carbonyl (C=O) groups is 1. The van der Waals surface area contributed by atoms with Gasteiger partial charge in [0, 0.05) is 24.9 Å². The molecular formula is C15H16ClN3O2. The molecule has 6 heteroatoms. The highest BCUT2D eigenvalue weighted by molar-refractivity contribution is 6.32. The standard InChI is InChI=1S/C15H16ClN3O2/c1-21-14-12(16)6-4-7-13(14)19-15(20)18-10-8-11-5-2-3-9-17-11/h2-7,9H,8,10H2,1H3,(H2,18,19,20). The number of methoxy groups -OCH3 is 1. The highest BCUT2D eigenvalue weighted by Gasteiger charge is 2.09. The molecule has 2 N–H and O–H groups in total. The van der Waals surface area contributed by atoms with Crippen LogP contribution in [0.4, 0.5) is 10.5 Å². The van der Waals surface area contributed by atoms with Crippen LogP contribution in [0.2, 0.25) is 5.02 Å². The molecule has 0 saturated heterocycles. The van der Waals surface area contributed by atoms with Gasteiger partial charge in [0.1, 0.15) is 0 Å². The second-order valence-electron chi connectivity index (χ2n) is 4.27. The number of urea groups is 1. The number of anilines is 1. The Morgan fingerprint density at radius 1 is 1.29 bits per heavy atom. The number of rotatable bonds is 5. The summed E-state index contributed by atoms with van der Waals surface area (Å²) in [5, 5.41) is 5.92. The Kier molecular flexibility index (Phi) is 5.40. The van der Waals surface area contributed by atoms with Gasteiger partial charge < -0.3 is 15.4 Å². The molecule has 0 unspecified atom stereocenters. The molecule has 0 saturated carbocycles. The molecule has 0 aliphatic rings. The van der Waals surface area contributed by atoms with Gasteiger partial charge in [0.2, 0.25) is 0 Å². The molecule has 0 aliphatic heterocycles. The molecule has 2 rings (SSSR count). The predicted molar refractivity (Wildman–Crippen MR) is 83.0 cm³/mol. The van der Waals surface area contributed by atoms with Crippen molar-refractivity contribution in [1.29, 1.82) is 0 Å². The zero-order valence-corrected chi connectivity index (χ0v) is 12.4. The van der Waals surface area contributed by atoms with Gasteiger partial charge in [0.25, 0.3) is 0 Å². The molecule has 2 amide bonds. The molecule has 0 aliphatic carbocycles. The fraction of sp³-hybridized carbons (Fsp3) is 0.200. The molecule has 0 atom stereocenters. The van der Waals surface area contributed by atoms with E-state index in [1.807, 2.05) is 18.2 Å². The van der Waals surface area contributed by atoms with Crippen molar-refractivity contribution >= 4 is 23.3 Å². The van der Waals surface area contributed by atoms with E-state index in [1.54, 1.807) is 24.4 Å². The number of ether oxygens (including phenoxy) is 1. The molecular weight excluding hydrogens is 290 g/mol. The van der Waals surface area contributed by atoms with Crippen molar-refractivity contribution in [1.82, 2.24) is 10.3 Å². The molecule has 0 spiro atoms. The lowest BCUT2D eigenvalue weighted by Gasteiger charge is -2.12. The number of nitrogens with zero attached hydrogens (tertiary/aromatic N) is 1. The quantitative estimate of drug-likeness (QED) is 0.892. The summed E-state index contributed by atoms with van der Waals surface area (Å²) in [7, 11) is 1.51. The first-order valence-corrected chi connectivity index (χ1v) is 6.86. The van der Waals surface area contributed by atoms with Crippen LogP contribution < -0.4 is 15.4 Å². The Hall–Kier alpha value is -2.27. The van der Waals surface area contributed by atoms with Crippen molar-refractivity contribution in [3.05, 3.63) is 53.3 Å². The molecule has 1 aromatic heterocycles. The molecule has 0 radical (unpaired) electrons. The predicted octanol–water partition coefficient (Wildman–Crippen LogP) is 3.11. The van der Waals surface area contributed by atoms with Crippen LogP contribution in [0.25, 0.3) is 0 Å². The van der Waals surface area contributed by atoms with E-state index in [4.69, 9.17) is 16.3 Å². The summed E-state index contributed by atoms with van der Waals surface area (Å²) >= 11 is 5.99. The third-order valence-electron chi connectivity index (χ3n) is 2.81. The van der Waals surface area contributed by atoms with Gasteiger partial charge in [-0.15, -0.1) is 0 Å². The van der Waals surface area contributed by atoms with Gasteiger partial charge in [-0.05, 0) is 24.3 Å². The van der Waals surface area contributed by atoms with Crippen molar-refractivity contribution in [2.24, 2.45) is 0 Å². The highest BCUT2D eigenvalue weighted by Crippen LogP contribution is 2.32. The maximum Gasteiger partial charge on any atom is 0.319 e. The number of hydrogen-bond donors (Lipinski definition) is 2. The first kappa shape index (κ1) is 15.1. The van der Waals surface area contributed by atoms with Crippen LogP contribution in [0.3, 0.4) is 0 Å². The van der Waals surface area contributed by atoms with E-state index in [2.05, 4.69) is 15.6 Å². The molecule has 1 heterocycles. The van der Waals surface area contributed by atoms with Gasteiger partial charge in [-0.25, -0.2) is 4.79 Å². The monoisotopic (exact) mass is 305 g/mol. The average molecular weight is 306 g/mol. The number of para-hydroxylation sites is 1. The number of halogens is 1. The second kappa shape index (κ2) is 7.50. The summed E-state index contributed by atoms with van der Waals surface area (Å²) in [6.45, 7) is 0.492. The van der Waals surface area contributed by atoms with Gasteiger partial charge in [-0.1, -0.05) is 23.7 Å². The fourth-order valence-corrected chi connectivity index (χ4v) is 2.08. The highest BCUT2D eigenvalue weighted by atomic mass is 35.5. The zero-order chi connectivity index (χ0) is 15.1. The summed E-state index contributed by atoms with van der Waals surface area (Å²) < 4.78 is 5.17. The van der Waals surface area contributed by atoms with Gasteiger partial charge in [0.15, 0.2) is 5.75 Å². The lowest BCUT2D eigenvalue weighted by Crippen LogP contribution is -2.30. The van der Waals surface area contributed by atoms with Crippen LogP contribution >= 0.6 is 11.6 Å². The molecule has 110 valence electrons. The van der Waals surface area contributed by atoms with Crippen LogP contribution in [0, 0.1) is 0 Å². The van der Waals surface area contributed by atoms with Gasteiger partial charge in [-0.3, -0.25) is 4.98 Å². The molecule has 1 aromatic carbocycles. The smallest absolute Gasteiger partial charge is 0.319 e. The molecule has 0 fully saturated rings. The summed E-state index contributed by atoms with van der Waals surface area (Å²) in [5.74, 6) is 0.444. The second-order valence-corrected chi connectivity index (χ2v) is 4.68. The van der Waals surface area contributed by atoms with E-state index < -0.39 is 0 Å². The van der Waals surface area contributed by atoms with Crippen molar-refractivity contribution in [2.45, 2.75) is 6.42 Å². The Balaban J connectivity index is 1.86. The van der Waals surface area contributed by atoms with E-state index >= 15 is 0 Å². The third-order valence-corrected chi connectivity index (χ3v) is 3.11. The summed E-state index contributed by atoms with van der Waals surface area (Å²) in [5.41, 5.74) is 1.46. The van der Waals surface area contributed by atoms with Crippen molar-refractivity contribution in [2.75, 3.05) is 19.0 Å². The van der Waals surface area contributed by atoms with Gasteiger partial charge >= 0.3 is 6.03 Å². The van der Waals surface area contributed by atoms with Crippen LogP contribution in [0.1, 0.15) is 5.69 Å². The van der Waals surface area contributed by atoms with Crippen molar-refractivity contribution in [3.63, 3.8) is 0 Å². The number of carbonyl (C=O) groups excluding carboxylic acids is 1. The first-order chi connectivity index (χ1) is 10.2. The number of aromatic nitrogens is 1. The minimum atomic E-state index is -0.313. The van der Waals surface area contributed by atoms with E-state index in [-0.39, 0.29) is 6.03 Å². The summed E-state index contributed by atoms with van der Waals surface area (Å²) in [6.07, 6.45) is 2.40. The Morgan fingerprint density at radius 2 is 2.14 bits per heavy atom. The van der Waals surface area contributed by atoms with Crippen LogP contribution in [0.5, 0.6) is 5.75 Å². The van der Waals surface area contributed by atoms with Gasteiger partial charge in [0.05, 0.1) is 17.8 Å². The number of benzene rings is 1. The summed E-state index contributed by atoms with van der Waals surface area (Å²) in [4.78, 5) is 16.0. The minimum absolute atomic E-state index is 0.313. The number of amides is 2. The number of hydrogen-bond acceptors (Lipinski definition) is 3. The minimum Gasteiger partial charge on any atom is -0.493 e.